The van der Waals surface area contributed by atoms with E-state index in [1.165, 1.54) is 7.11 Å². The zero-order valence-electron chi connectivity index (χ0n) is 12.8. The Morgan fingerprint density at radius 3 is 2.55 bits per heavy atom. The van der Waals surface area contributed by atoms with Crippen molar-refractivity contribution in [1.29, 1.82) is 0 Å². The van der Waals surface area contributed by atoms with E-state index in [-0.39, 0.29) is 18.2 Å². The summed E-state index contributed by atoms with van der Waals surface area (Å²) in [5.41, 5.74) is 3.12. The molecule has 0 radical (unpaired) electrons. The van der Waals surface area contributed by atoms with E-state index in [9.17, 15) is 4.79 Å². The summed E-state index contributed by atoms with van der Waals surface area (Å²) >= 11 is 0. The van der Waals surface area contributed by atoms with Gasteiger partial charge in [-0.15, -0.1) is 0 Å². The molecule has 0 saturated heterocycles. The molecule has 2 unspecified atom stereocenters. The fraction of sp³-hybridized carbons (Fsp3) is 0.278. The Hall–Kier alpha value is -2.49. The third-order valence-corrected chi connectivity index (χ3v) is 4.08. The molecule has 1 amide bonds. The molecule has 1 heterocycles. The van der Waals surface area contributed by atoms with Crippen LogP contribution in [0.3, 0.4) is 0 Å². The summed E-state index contributed by atoms with van der Waals surface area (Å²) in [6.07, 6.45) is 0.527. The number of para-hydroxylation sites is 2. The van der Waals surface area contributed by atoms with Crippen LogP contribution in [-0.4, -0.2) is 19.2 Å². The van der Waals surface area contributed by atoms with E-state index in [4.69, 9.17) is 4.74 Å². The summed E-state index contributed by atoms with van der Waals surface area (Å²) in [6, 6.07) is 18.4. The number of carbonyl (C=O) groups excluding carboxylic acids is 1. The first-order valence-electron chi connectivity index (χ1n) is 7.48. The van der Waals surface area contributed by atoms with E-state index in [0.29, 0.717) is 0 Å². The lowest BCUT2D eigenvalue weighted by Gasteiger charge is -2.38. The largest absolute Gasteiger partial charge is 0.452 e. The summed E-state index contributed by atoms with van der Waals surface area (Å²) < 4.78 is 4.94. The van der Waals surface area contributed by atoms with Crippen molar-refractivity contribution in [2.24, 2.45) is 0 Å². The summed E-state index contributed by atoms with van der Waals surface area (Å²) in [5.74, 6) is 0. The summed E-state index contributed by atoms with van der Waals surface area (Å²) in [7, 11) is 1.42. The van der Waals surface area contributed by atoms with Crippen LogP contribution in [0.1, 0.15) is 24.9 Å². The molecule has 2 aromatic rings. The van der Waals surface area contributed by atoms with Gasteiger partial charge in [0.2, 0.25) is 0 Å². The van der Waals surface area contributed by atoms with Crippen molar-refractivity contribution in [1.82, 2.24) is 0 Å². The Bertz CT molecular complexity index is 657. The number of nitrogens with one attached hydrogen (secondary N) is 1. The minimum absolute atomic E-state index is 0.0727. The number of ether oxygens (including phenoxy) is 1. The van der Waals surface area contributed by atoms with Crippen molar-refractivity contribution in [3.63, 3.8) is 0 Å². The molecule has 3 rings (SSSR count). The second kappa shape index (κ2) is 6.10. The second-order valence-electron chi connectivity index (χ2n) is 5.55. The van der Waals surface area contributed by atoms with Crippen LogP contribution < -0.4 is 10.2 Å². The van der Waals surface area contributed by atoms with E-state index in [2.05, 4.69) is 23.5 Å². The van der Waals surface area contributed by atoms with E-state index in [0.717, 1.165) is 23.4 Å². The Kier molecular flexibility index (Phi) is 4.00. The van der Waals surface area contributed by atoms with Crippen LogP contribution in [0.4, 0.5) is 16.2 Å². The van der Waals surface area contributed by atoms with Gasteiger partial charge in [0.15, 0.2) is 0 Å². The minimum Gasteiger partial charge on any atom is -0.452 e. The molecule has 0 spiro atoms. The highest BCUT2D eigenvalue weighted by Gasteiger charge is 2.34. The molecule has 114 valence electrons. The Morgan fingerprint density at radius 1 is 1.14 bits per heavy atom. The molecule has 0 aromatic heterocycles. The molecule has 1 aliphatic rings. The van der Waals surface area contributed by atoms with E-state index >= 15 is 0 Å². The van der Waals surface area contributed by atoms with Crippen molar-refractivity contribution in [3.8, 4) is 0 Å². The molecule has 4 nitrogen and oxygen atoms in total. The molecule has 0 aliphatic carbocycles. The quantitative estimate of drug-likeness (QED) is 0.902. The maximum atomic E-state index is 12.1. The van der Waals surface area contributed by atoms with Crippen LogP contribution in [0.25, 0.3) is 0 Å². The zero-order chi connectivity index (χ0) is 15.5. The average molecular weight is 296 g/mol. The maximum absolute atomic E-state index is 12.1. The van der Waals surface area contributed by atoms with Gasteiger partial charge in [0.25, 0.3) is 0 Å². The molecule has 0 saturated carbocycles. The van der Waals surface area contributed by atoms with Crippen LogP contribution in [0.5, 0.6) is 0 Å². The predicted octanol–water partition coefficient (Wildman–Crippen LogP) is 4.20. The molecule has 2 aromatic carbocycles. The molecule has 0 bridgehead atoms. The number of benzene rings is 2. The standard InChI is InChI=1S/C18H20N2O2/c1-13-12-16(19-14-8-4-3-5-9-14)15-10-6-7-11-17(15)20(13)18(21)22-2/h3-11,13,16,19H,12H2,1-2H3. The van der Waals surface area contributed by atoms with Crippen LogP contribution >= 0.6 is 0 Å². The third kappa shape index (κ3) is 2.64. The van der Waals surface area contributed by atoms with E-state index < -0.39 is 0 Å². The van der Waals surface area contributed by atoms with Crippen LogP contribution in [0, 0.1) is 0 Å². The van der Waals surface area contributed by atoms with Gasteiger partial charge in [0.05, 0.1) is 18.8 Å². The van der Waals surface area contributed by atoms with Crippen LogP contribution in [0.2, 0.25) is 0 Å². The number of anilines is 2. The fourth-order valence-electron chi connectivity index (χ4n) is 3.06. The topological polar surface area (TPSA) is 41.6 Å². The first-order valence-corrected chi connectivity index (χ1v) is 7.48. The van der Waals surface area contributed by atoms with E-state index in [1.54, 1.807) is 4.90 Å². The number of hydrogen-bond donors (Lipinski definition) is 1. The highest BCUT2D eigenvalue weighted by Crippen LogP contribution is 2.38. The minimum atomic E-state index is -0.307. The average Bonchev–Trinajstić information content (AvgIpc) is 2.55. The van der Waals surface area contributed by atoms with Gasteiger partial charge in [0.1, 0.15) is 0 Å². The number of fused-ring (bicyclic) bond motifs is 1. The fourth-order valence-corrected chi connectivity index (χ4v) is 3.06. The SMILES string of the molecule is COC(=O)N1c2ccccc2C(Nc2ccccc2)CC1C. The first-order chi connectivity index (χ1) is 10.7. The highest BCUT2D eigenvalue weighted by molar-refractivity contribution is 5.90. The molecular formula is C18H20N2O2. The zero-order valence-corrected chi connectivity index (χ0v) is 12.8. The maximum Gasteiger partial charge on any atom is 0.414 e. The van der Waals surface area contributed by atoms with Crippen molar-refractivity contribution in [2.45, 2.75) is 25.4 Å². The van der Waals surface area contributed by atoms with Crippen molar-refractivity contribution in [2.75, 3.05) is 17.3 Å². The molecule has 22 heavy (non-hydrogen) atoms. The monoisotopic (exact) mass is 296 g/mol. The number of methoxy groups -OCH3 is 1. The first kappa shape index (κ1) is 14.4. The Morgan fingerprint density at radius 2 is 1.82 bits per heavy atom. The summed E-state index contributed by atoms with van der Waals surface area (Å²) in [6.45, 7) is 2.05. The number of nitrogens with zero attached hydrogens (tertiary/aromatic N) is 1. The molecular weight excluding hydrogens is 276 g/mol. The van der Waals surface area contributed by atoms with Gasteiger partial charge in [-0.2, -0.15) is 0 Å². The van der Waals surface area contributed by atoms with Gasteiger partial charge in [-0.05, 0) is 37.1 Å². The van der Waals surface area contributed by atoms with Gasteiger partial charge in [-0.3, -0.25) is 4.90 Å². The van der Waals surface area contributed by atoms with Gasteiger partial charge in [-0.25, -0.2) is 4.79 Å². The van der Waals surface area contributed by atoms with Gasteiger partial charge < -0.3 is 10.1 Å². The van der Waals surface area contributed by atoms with Gasteiger partial charge >= 0.3 is 6.09 Å². The summed E-state index contributed by atoms with van der Waals surface area (Å²) in [5, 5.41) is 3.57. The highest BCUT2D eigenvalue weighted by atomic mass is 16.5. The molecule has 1 N–H and O–H groups in total. The lowest BCUT2D eigenvalue weighted by Crippen LogP contribution is -2.44. The number of carbonyl (C=O) groups is 1. The third-order valence-electron chi connectivity index (χ3n) is 4.08. The lowest BCUT2D eigenvalue weighted by molar-refractivity contribution is 0.175. The van der Waals surface area contributed by atoms with E-state index in [1.807, 2.05) is 43.3 Å². The smallest absolute Gasteiger partial charge is 0.414 e. The molecule has 1 aliphatic heterocycles. The van der Waals surface area contributed by atoms with Gasteiger partial charge in [-0.1, -0.05) is 36.4 Å². The number of rotatable bonds is 2. The normalized spacial score (nSPS) is 20.2. The van der Waals surface area contributed by atoms with Crippen LogP contribution in [-0.2, 0) is 4.74 Å². The van der Waals surface area contributed by atoms with Crippen molar-refractivity contribution >= 4 is 17.5 Å². The predicted molar refractivity (Wildman–Crippen MR) is 88.2 cm³/mol. The Balaban J connectivity index is 1.95. The lowest BCUT2D eigenvalue weighted by atomic mass is 9.92. The Labute approximate surface area is 130 Å². The van der Waals surface area contributed by atoms with Crippen LogP contribution in [0.15, 0.2) is 54.6 Å². The molecule has 4 heteroatoms. The molecule has 0 fully saturated rings. The van der Waals surface area contributed by atoms with Crippen molar-refractivity contribution in [3.05, 3.63) is 60.2 Å². The summed E-state index contributed by atoms with van der Waals surface area (Å²) in [4.78, 5) is 13.8. The van der Waals surface area contributed by atoms with Crippen molar-refractivity contribution < 1.29 is 9.53 Å². The number of hydrogen-bond acceptors (Lipinski definition) is 3. The second-order valence-corrected chi connectivity index (χ2v) is 5.55. The number of amides is 1. The molecule has 2 atom stereocenters. The van der Waals surface area contributed by atoms with Gasteiger partial charge in [0, 0.05) is 11.7 Å².